The quantitative estimate of drug-likeness (QED) is 0.819. The van der Waals surface area contributed by atoms with Crippen LogP contribution in [0.15, 0.2) is 41.8 Å². The van der Waals surface area contributed by atoms with E-state index in [0.29, 0.717) is 0 Å². The van der Waals surface area contributed by atoms with Gasteiger partial charge in [-0.25, -0.2) is 0 Å². The van der Waals surface area contributed by atoms with E-state index < -0.39 is 0 Å². The summed E-state index contributed by atoms with van der Waals surface area (Å²) in [5.41, 5.74) is 1.34. The molecule has 0 aliphatic heterocycles. The van der Waals surface area contributed by atoms with Gasteiger partial charge in [-0.3, -0.25) is 0 Å². The van der Waals surface area contributed by atoms with Crippen LogP contribution in [-0.4, -0.2) is 13.7 Å². The van der Waals surface area contributed by atoms with Gasteiger partial charge in [0.05, 0.1) is 7.11 Å². The van der Waals surface area contributed by atoms with Gasteiger partial charge in [0.25, 0.3) is 0 Å². The lowest BCUT2D eigenvalue weighted by atomic mass is 10.1. The van der Waals surface area contributed by atoms with Crippen molar-refractivity contribution in [1.29, 1.82) is 0 Å². The molecule has 0 saturated carbocycles. The molecule has 1 N–H and O–H groups in total. The third-order valence-electron chi connectivity index (χ3n) is 2.63. The second kappa shape index (κ2) is 8.14. The van der Waals surface area contributed by atoms with Crippen LogP contribution in [0.5, 0.6) is 5.75 Å². The molecule has 98 valence electrons. The first-order chi connectivity index (χ1) is 8.38. The average molecular weight is 284 g/mol. The van der Waals surface area contributed by atoms with E-state index in [4.69, 9.17) is 4.74 Å². The average Bonchev–Trinajstić information content (AvgIpc) is 2.88. The first kappa shape index (κ1) is 15.0. The SMILES string of the molecule is COc1ccc(CCNCc2cccs2)cc1.Cl. The zero-order valence-corrected chi connectivity index (χ0v) is 12.0. The predicted molar refractivity (Wildman–Crippen MR) is 80.0 cm³/mol. The number of hydrogen-bond acceptors (Lipinski definition) is 3. The van der Waals surface area contributed by atoms with Crippen LogP contribution in [-0.2, 0) is 13.0 Å². The second-order valence-electron chi connectivity index (χ2n) is 3.85. The molecule has 0 aliphatic carbocycles. The summed E-state index contributed by atoms with van der Waals surface area (Å²) in [5.74, 6) is 0.917. The van der Waals surface area contributed by atoms with Crippen molar-refractivity contribution in [2.24, 2.45) is 0 Å². The zero-order valence-electron chi connectivity index (χ0n) is 10.4. The van der Waals surface area contributed by atoms with E-state index in [2.05, 4.69) is 35.0 Å². The molecule has 0 atom stereocenters. The monoisotopic (exact) mass is 283 g/mol. The van der Waals surface area contributed by atoms with Crippen molar-refractivity contribution in [3.05, 3.63) is 52.2 Å². The molecule has 0 unspecified atom stereocenters. The smallest absolute Gasteiger partial charge is 0.118 e. The lowest BCUT2D eigenvalue weighted by Crippen LogP contribution is -2.15. The molecule has 1 heterocycles. The number of methoxy groups -OCH3 is 1. The number of hydrogen-bond donors (Lipinski definition) is 1. The molecule has 0 spiro atoms. The summed E-state index contributed by atoms with van der Waals surface area (Å²) in [6.07, 6.45) is 1.05. The maximum absolute atomic E-state index is 5.13. The van der Waals surface area contributed by atoms with Crippen molar-refractivity contribution in [3.63, 3.8) is 0 Å². The highest BCUT2D eigenvalue weighted by atomic mass is 35.5. The van der Waals surface area contributed by atoms with Gasteiger partial charge in [-0.1, -0.05) is 18.2 Å². The van der Waals surface area contributed by atoms with Crippen molar-refractivity contribution < 1.29 is 4.74 Å². The Morgan fingerprint density at radius 2 is 1.94 bits per heavy atom. The second-order valence-corrected chi connectivity index (χ2v) is 4.89. The van der Waals surface area contributed by atoms with E-state index in [1.165, 1.54) is 10.4 Å². The number of rotatable bonds is 6. The topological polar surface area (TPSA) is 21.3 Å². The molecule has 2 nitrogen and oxygen atoms in total. The van der Waals surface area contributed by atoms with E-state index >= 15 is 0 Å². The Labute approximate surface area is 118 Å². The Balaban J connectivity index is 0.00000162. The fourth-order valence-electron chi connectivity index (χ4n) is 1.65. The van der Waals surface area contributed by atoms with Crippen LogP contribution in [0, 0.1) is 0 Å². The molecule has 0 aliphatic rings. The van der Waals surface area contributed by atoms with E-state index in [9.17, 15) is 0 Å². The number of benzene rings is 1. The third kappa shape index (κ3) is 4.69. The lowest BCUT2D eigenvalue weighted by molar-refractivity contribution is 0.414. The molecular weight excluding hydrogens is 266 g/mol. The van der Waals surface area contributed by atoms with E-state index in [0.717, 1.165) is 25.3 Å². The van der Waals surface area contributed by atoms with Gasteiger partial charge in [-0.05, 0) is 42.1 Å². The molecule has 0 fully saturated rings. The van der Waals surface area contributed by atoms with E-state index in [1.54, 1.807) is 18.4 Å². The highest BCUT2D eigenvalue weighted by molar-refractivity contribution is 7.09. The van der Waals surface area contributed by atoms with Crippen LogP contribution in [0.4, 0.5) is 0 Å². The summed E-state index contributed by atoms with van der Waals surface area (Å²) in [6, 6.07) is 12.5. The normalized spacial score (nSPS) is 9.83. The fourth-order valence-corrected chi connectivity index (χ4v) is 2.32. The van der Waals surface area contributed by atoms with Crippen LogP contribution in [0.3, 0.4) is 0 Å². The van der Waals surface area contributed by atoms with Gasteiger partial charge < -0.3 is 10.1 Å². The summed E-state index contributed by atoms with van der Waals surface area (Å²) >= 11 is 1.80. The first-order valence-corrected chi connectivity index (χ1v) is 6.62. The van der Waals surface area contributed by atoms with Gasteiger partial charge in [0.2, 0.25) is 0 Å². The van der Waals surface area contributed by atoms with E-state index in [1.807, 2.05) is 12.1 Å². The van der Waals surface area contributed by atoms with E-state index in [-0.39, 0.29) is 12.4 Å². The van der Waals surface area contributed by atoms with Crippen LogP contribution >= 0.6 is 23.7 Å². The minimum atomic E-state index is 0. The Morgan fingerprint density at radius 3 is 2.56 bits per heavy atom. The third-order valence-corrected chi connectivity index (χ3v) is 3.51. The Kier molecular flexibility index (Phi) is 6.80. The first-order valence-electron chi connectivity index (χ1n) is 5.74. The molecule has 0 radical (unpaired) electrons. The van der Waals surface area contributed by atoms with Crippen LogP contribution < -0.4 is 10.1 Å². The van der Waals surface area contributed by atoms with Crippen molar-refractivity contribution in [2.45, 2.75) is 13.0 Å². The summed E-state index contributed by atoms with van der Waals surface area (Å²) in [6.45, 7) is 1.97. The Morgan fingerprint density at radius 1 is 1.17 bits per heavy atom. The van der Waals surface area contributed by atoms with Gasteiger partial charge in [-0.2, -0.15) is 0 Å². The van der Waals surface area contributed by atoms with Gasteiger partial charge >= 0.3 is 0 Å². The molecule has 2 rings (SSSR count). The molecule has 1 aromatic carbocycles. The number of ether oxygens (including phenoxy) is 1. The van der Waals surface area contributed by atoms with Crippen molar-refractivity contribution in [2.75, 3.05) is 13.7 Å². The Bertz CT molecular complexity index is 428. The number of nitrogens with one attached hydrogen (secondary N) is 1. The van der Waals surface area contributed by atoms with Gasteiger partial charge in [-0.15, -0.1) is 23.7 Å². The maximum Gasteiger partial charge on any atom is 0.118 e. The summed E-state index contributed by atoms with van der Waals surface area (Å²) in [7, 11) is 1.69. The molecule has 0 saturated heterocycles. The summed E-state index contributed by atoms with van der Waals surface area (Å²) in [5, 5.41) is 5.56. The molecular formula is C14H18ClNOS. The van der Waals surface area contributed by atoms with Gasteiger partial charge in [0, 0.05) is 11.4 Å². The van der Waals surface area contributed by atoms with Crippen molar-refractivity contribution in [1.82, 2.24) is 5.32 Å². The number of halogens is 1. The predicted octanol–water partition coefficient (Wildman–Crippen LogP) is 3.51. The minimum Gasteiger partial charge on any atom is -0.497 e. The fraction of sp³-hybridized carbons (Fsp3) is 0.286. The van der Waals surface area contributed by atoms with Crippen LogP contribution in [0.2, 0.25) is 0 Å². The molecule has 18 heavy (non-hydrogen) atoms. The molecule has 2 aromatic rings. The highest BCUT2D eigenvalue weighted by Crippen LogP contribution is 2.11. The standard InChI is InChI=1S/C14H17NOS.ClH/c1-16-13-6-4-12(5-7-13)8-9-15-11-14-3-2-10-17-14;/h2-7,10,15H,8-9,11H2,1H3;1H. The van der Waals surface area contributed by atoms with Crippen molar-refractivity contribution in [3.8, 4) is 5.75 Å². The minimum absolute atomic E-state index is 0. The molecule has 0 amide bonds. The largest absolute Gasteiger partial charge is 0.497 e. The van der Waals surface area contributed by atoms with Gasteiger partial charge in [0.15, 0.2) is 0 Å². The molecule has 1 aromatic heterocycles. The van der Waals surface area contributed by atoms with Crippen molar-refractivity contribution >= 4 is 23.7 Å². The molecule has 0 bridgehead atoms. The highest BCUT2D eigenvalue weighted by Gasteiger charge is 1.96. The van der Waals surface area contributed by atoms with Crippen LogP contribution in [0.1, 0.15) is 10.4 Å². The zero-order chi connectivity index (χ0) is 11.9. The number of thiophene rings is 1. The Hall–Kier alpha value is -1.03. The molecule has 4 heteroatoms. The maximum atomic E-state index is 5.13. The van der Waals surface area contributed by atoms with Gasteiger partial charge in [0.1, 0.15) is 5.75 Å². The summed E-state index contributed by atoms with van der Waals surface area (Å²) < 4.78 is 5.13. The summed E-state index contributed by atoms with van der Waals surface area (Å²) in [4.78, 5) is 1.39. The van der Waals surface area contributed by atoms with Crippen LogP contribution in [0.25, 0.3) is 0 Å². The lowest BCUT2D eigenvalue weighted by Gasteiger charge is -2.04.